The van der Waals surface area contributed by atoms with Crippen molar-refractivity contribution in [3.05, 3.63) is 0 Å². The molecule has 0 aliphatic rings. The molecule has 0 aromatic carbocycles. The van der Waals surface area contributed by atoms with Gasteiger partial charge in [0.05, 0.1) is 5.92 Å². The number of carbonyl (C=O) groups is 1. The lowest BCUT2D eigenvalue weighted by atomic mass is 9.92. The molecule has 0 saturated carbocycles. The molecule has 0 fully saturated rings. The summed E-state index contributed by atoms with van der Waals surface area (Å²) in [5.74, 6) is -0.968. The lowest BCUT2D eigenvalue weighted by Gasteiger charge is -2.15. The molecule has 3 nitrogen and oxygen atoms in total. The highest BCUT2D eigenvalue weighted by Gasteiger charge is 2.20. The van der Waals surface area contributed by atoms with Crippen LogP contribution in [0, 0.1) is 11.8 Å². The van der Waals surface area contributed by atoms with Crippen LogP contribution >= 0.6 is 0 Å². The Kier molecular flexibility index (Phi) is 4.03. The molecular formula is C7H15NO2. The van der Waals surface area contributed by atoms with Gasteiger partial charge in [0.2, 0.25) is 0 Å². The van der Waals surface area contributed by atoms with Crippen molar-refractivity contribution in [1.82, 2.24) is 0 Å². The molecule has 0 radical (unpaired) electrons. The second-order valence-electron chi connectivity index (χ2n) is 2.57. The second kappa shape index (κ2) is 4.28. The van der Waals surface area contributed by atoms with Gasteiger partial charge in [-0.25, -0.2) is 0 Å². The van der Waals surface area contributed by atoms with E-state index in [1.807, 2.05) is 13.8 Å². The van der Waals surface area contributed by atoms with Crippen molar-refractivity contribution >= 4 is 5.97 Å². The van der Waals surface area contributed by atoms with E-state index < -0.39 is 5.97 Å². The predicted octanol–water partition coefficient (Wildman–Crippen LogP) is 0.692. The van der Waals surface area contributed by atoms with Gasteiger partial charge < -0.3 is 10.8 Å². The molecule has 0 aromatic heterocycles. The molecule has 2 atom stereocenters. The third-order valence-electron chi connectivity index (χ3n) is 1.90. The smallest absolute Gasteiger partial charge is 0.308 e. The molecule has 0 aliphatic carbocycles. The van der Waals surface area contributed by atoms with Crippen LogP contribution in [0.2, 0.25) is 0 Å². The quantitative estimate of drug-likeness (QED) is 0.611. The van der Waals surface area contributed by atoms with E-state index in [0.717, 1.165) is 6.42 Å². The molecule has 10 heavy (non-hydrogen) atoms. The van der Waals surface area contributed by atoms with Crippen molar-refractivity contribution in [3.8, 4) is 0 Å². The fourth-order valence-electron chi connectivity index (χ4n) is 0.861. The summed E-state index contributed by atoms with van der Waals surface area (Å²) in [6.07, 6.45) is 0.869. The standard InChI is InChI=1S/C7H15NO2/c1-3-5(2)6(4-8)7(9)10/h5-6H,3-4,8H2,1-2H3,(H,9,10). The molecule has 2 unspecified atom stereocenters. The molecule has 0 bridgehead atoms. The van der Waals surface area contributed by atoms with E-state index in [0.29, 0.717) is 0 Å². The molecule has 0 amide bonds. The van der Waals surface area contributed by atoms with Gasteiger partial charge in [0, 0.05) is 6.54 Å². The number of rotatable bonds is 4. The zero-order valence-corrected chi connectivity index (χ0v) is 6.50. The summed E-state index contributed by atoms with van der Waals surface area (Å²) in [6.45, 7) is 4.12. The molecule has 3 N–H and O–H groups in total. The number of hydrogen-bond acceptors (Lipinski definition) is 2. The van der Waals surface area contributed by atoms with E-state index in [1.54, 1.807) is 0 Å². The Bertz CT molecular complexity index is 114. The Hall–Kier alpha value is -0.570. The van der Waals surface area contributed by atoms with Crippen LogP contribution < -0.4 is 5.73 Å². The molecule has 0 spiro atoms. The van der Waals surface area contributed by atoms with Crippen LogP contribution in [0.4, 0.5) is 0 Å². The van der Waals surface area contributed by atoms with Gasteiger partial charge in [0.25, 0.3) is 0 Å². The van der Waals surface area contributed by atoms with Crippen LogP contribution in [0.15, 0.2) is 0 Å². The van der Waals surface area contributed by atoms with Crippen molar-refractivity contribution in [2.45, 2.75) is 20.3 Å². The van der Waals surface area contributed by atoms with Crippen molar-refractivity contribution in [2.75, 3.05) is 6.54 Å². The molecule has 0 saturated heterocycles. The highest BCUT2D eigenvalue weighted by Crippen LogP contribution is 2.13. The lowest BCUT2D eigenvalue weighted by Crippen LogP contribution is -2.28. The zero-order chi connectivity index (χ0) is 8.15. The minimum absolute atomic E-state index is 0.183. The van der Waals surface area contributed by atoms with Crippen LogP contribution in [0.5, 0.6) is 0 Å². The molecular weight excluding hydrogens is 130 g/mol. The highest BCUT2D eigenvalue weighted by atomic mass is 16.4. The van der Waals surface area contributed by atoms with Gasteiger partial charge in [-0.2, -0.15) is 0 Å². The molecule has 0 heterocycles. The molecule has 0 aliphatic heterocycles. The summed E-state index contributed by atoms with van der Waals surface area (Å²) < 4.78 is 0. The average molecular weight is 145 g/mol. The number of hydrogen-bond donors (Lipinski definition) is 2. The summed E-state index contributed by atoms with van der Waals surface area (Å²) in [5.41, 5.74) is 5.27. The summed E-state index contributed by atoms with van der Waals surface area (Å²) in [7, 11) is 0. The van der Waals surface area contributed by atoms with E-state index in [9.17, 15) is 4.79 Å². The fraction of sp³-hybridized carbons (Fsp3) is 0.857. The van der Waals surface area contributed by atoms with Gasteiger partial charge in [-0.3, -0.25) is 4.79 Å². The minimum Gasteiger partial charge on any atom is -0.481 e. The molecule has 60 valence electrons. The summed E-state index contributed by atoms with van der Waals surface area (Å²) in [4.78, 5) is 10.5. The van der Waals surface area contributed by atoms with Gasteiger partial charge in [0.15, 0.2) is 0 Å². The first-order valence-corrected chi connectivity index (χ1v) is 3.56. The topological polar surface area (TPSA) is 63.3 Å². The average Bonchev–Trinajstić information content (AvgIpc) is 1.88. The Morgan fingerprint density at radius 3 is 2.30 bits per heavy atom. The van der Waals surface area contributed by atoms with E-state index in [4.69, 9.17) is 10.8 Å². The van der Waals surface area contributed by atoms with E-state index in [1.165, 1.54) is 0 Å². The second-order valence-corrected chi connectivity index (χ2v) is 2.57. The van der Waals surface area contributed by atoms with E-state index >= 15 is 0 Å². The van der Waals surface area contributed by atoms with Gasteiger partial charge >= 0.3 is 5.97 Å². The third kappa shape index (κ3) is 2.35. The first-order chi connectivity index (χ1) is 4.63. The molecule has 0 rings (SSSR count). The number of carboxylic acid groups (broad SMARTS) is 1. The van der Waals surface area contributed by atoms with Gasteiger partial charge in [-0.1, -0.05) is 20.3 Å². The van der Waals surface area contributed by atoms with Crippen LogP contribution in [0.1, 0.15) is 20.3 Å². The van der Waals surface area contributed by atoms with Gasteiger partial charge in [0.1, 0.15) is 0 Å². The van der Waals surface area contributed by atoms with Gasteiger partial charge in [-0.15, -0.1) is 0 Å². The maximum absolute atomic E-state index is 10.5. The maximum atomic E-state index is 10.5. The normalized spacial score (nSPS) is 16.3. The number of aliphatic carboxylic acids is 1. The lowest BCUT2D eigenvalue weighted by molar-refractivity contribution is -0.143. The van der Waals surface area contributed by atoms with Crippen molar-refractivity contribution in [1.29, 1.82) is 0 Å². The van der Waals surface area contributed by atoms with Crippen molar-refractivity contribution in [2.24, 2.45) is 17.6 Å². The van der Waals surface area contributed by atoms with Crippen LogP contribution in [-0.2, 0) is 4.79 Å². The van der Waals surface area contributed by atoms with Crippen LogP contribution in [0.3, 0.4) is 0 Å². The monoisotopic (exact) mass is 145 g/mol. The molecule has 0 aromatic rings. The Labute approximate surface area is 61.2 Å². The number of nitrogens with two attached hydrogens (primary N) is 1. The Morgan fingerprint density at radius 1 is 1.70 bits per heavy atom. The molecule has 3 heteroatoms. The first kappa shape index (κ1) is 9.43. The largest absolute Gasteiger partial charge is 0.481 e. The summed E-state index contributed by atoms with van der Waals surface area (Å²) in [6, 6.07) is 0. The maximum Gasteiger partial charge on any atom is 0.308 e. The predicted molar refractivity (Wildman–Crippen MR) is 39.6 cm³/mol. The SMILES string of the molecule is CCC(C)C(CN)C(=O)O. The Morgan fingerprint density at radius 2 is 2.20 bits per heavy atom. The van der Waals surface area contributed by atoms with E-state index in [2.05, 4.69) is 0 Å². The Balaban J connectivity index is 3.92. The van der Waals surface area contributed by atoms with Crippen LogP contribution in [0.25, 0.3) is 0 Å². The summed E-state index contributed by atoms with van der Waals surface area (Å²) in [5, 5.41) is 8.59. The fourth-order valence-corrected chi connectivity index (χ4v) is 0.861. The van der Waals surface area contributed by atoms with Crippen molar-refractivity contribution < 1.29 is 9.90 Å². The summed E-state index contributed by atoms with van der Waals surface area (Å²) >= 11 is 0. The first-order valence-electron chi connectivity index (χ1n) is 3.56. The van der Waals surface area contributed by atoms with E-state index in [-0.39, 0.29) is 18.4 Å². The number of carboxylic acids is 1. The van der Waals surface area contributed by atoms with Crippen LogP contribution in [-0.4, -0.2) is 17.6 Å². The van der Waals surface area contributed by atoms with Crippen molar-refractivity contribution in [3.63, 3.8) is 0 Å². The van der Waals surface area contributed by atoms with Gasteiger partial charge in [-0.05, 0) is 5.92 Å². The highest BCUT2D eigenvalue weighted by molar-refractivity contribution is 5.70. The minimum atomic E-state index is -0.781. The third-order valence-corrected chi connectivity index (χ3v) is 1.90. The zero-order valence-electron chi connectivity index (χ0n) is 6.50.